The highest BCUT2D eigenvalue weighted by atomic mass is 16.1. The molecule has 0 aliphatic heterocycles. The maximum atomic E-state index is 11.6. The van der Waals surface area contributed by atoms with Gasteiger partial charge in [-0.15, -0.1) is 0 Å². The van der Waals surface area contributed by atoms with Crippen molar-refractivity contribution >= 4 is 5.91 Å². The third-order valence-corrected chi connectivity index (χ3v) is 2.08. The Bertz CT molecular complexity index is 295. The Morgan fingerprint density at radius 3 is 2.79 bits per heavy atom. The molecule has 0 aromatic heterocycles. The van der Waals surface area contributed by atoms with E-state index in [0.29, 0.717) is 5.56 Å². The normalized spacial score (nSPS) is 12.6. The molecule has 14 heavy (non-hydrogen) atoms. The third kappa shape index (κ3) is 2.85. The van der Waals surface area contributed by atoms with Gasteiger partial charge in [0.05, 0.1) is 6.17 Å². The monoisotopic (exact) mass is 191 g/mol. The van der Waals surface area contributed by atoms with Gasteiger partial charge < -0.3 is 5.32 Å². The first-order valence-corrected chi connectivity index (χ1v) is 4.54. The number of rotatable bonds is 3. The highest BCUT2D eigenvalue weighted by Crippen LogP contribution is 1.98. The number of amides is 1. The Balaban J connectivity index is 2.60. The Morgan fingerprint density at radius 2 is 2.29 bits per heavy atom. The molecule has 0 saturated heterocycles. The predicted molar refractivity (Wildman–Crippen MR) is 55.9 cm³/mol. The van der Waals surface area contributed by atoms with Gasteiger partial charge in [0.15, 0.2) is 0 Å². The molecule has 1 rings (SSSR count). The second-order valence-electron chi connectivity index (χ2n) is 3.41. The molecule has 0 spiro atoms. The fraction of sp³-hybridized carbons (Fsp3) is 0.364. The Hall–Kier alpha value is -1.35. The number of nitrogens with zero attached hydrogens (tertiary/aromatic N) is 1. The summed E-state index contributed by atoms with van der Waals surface area (Å²) in [6.45, 7) is 1.94. The maximum Gasteiger partial charge on any atom is 0.252 e. The second-order valence-corrected chi connectivity index (χ2v) is 3.41. The van der Waals surface area contributed by atoms with Crippen LogP contribution in [0.3, 0.4) is 0 Å². The molecule has 75 valence electrons. The molecule has 1 N–H and O–H groups in total. The van der Waals surface area contributed by atoms with E-state index >= 15 is 0 Å². The lowest BCUT2D eigenvalue weighted by Gasteiger charge is -2.20. The van der Waals surface area contributed by atoms with Crippen molar-refractivity contribution in [3.63, 3.8) is 0 Å². The van der Waals surface area contributed by atoms with E-state index in [1.165, 1.54) is 0 Å². The van der Waals surface area contributed by atoms with Gasteiger partial charge in [0, 0.05) is 5.56 Å². The SMILES string of the molecule is CC(NC(=O)c1c[c]ccc1)N(C)C. The van der Waals surface area contributed by atoms with E-state index in [0.717, 1.165) is 0 Å². The van der Waals surface area contributed by atoms with Crippen molar-refractivity contribution in [2.75, 3.05) is 14.1 Å². The van der Waals surface area contributed by atoms with E-state index in [2.05, 4.69) is 11.4 Å². The summed E-state index contributed by atoms with van der Waals surface area (Å²) in [6.07, 6.45) is 0.0303. The number of benzene rings is 1. The highest BCUT2D eigenvalue weighted by Gasteiger charge is 2.09. The van der Waals surface area contributed by atoms with Crippen LogP contribution < -0.4 is 5.32 Å². The molecule has 0 fully saturated rings. The summed E-state index contributed by atoms with van der Waals surface area (Å²) >= 11 is 0. The first kappa shape index (κ1) is 10.7. The van der Waals surface area contributed by atoms with E-state index in [-0.39, 0.29) is 12.1 Å². The molecule has 0 heterocycles. The summed E-state index contributed by atoms with van der Waals surface area (Å²) in [6, 6.07) is 9.89. The van der Waals surface area contributed by atoms with Crippen molar-refractivity contribution in [2.45, 2.75) is 13.1 Å². The quantitative estimate of drug-likeness (QED) is 0.726. The predicted octanol–water partition coefficient (Wildman–Crippen LogP) is 1.12. The minimum Gasteiger partial charge on any atom is -0.337 e. The lowest BCUT2D eigenvalue weighted by Crippen LogP contribution is -2.42. The van der Waals surface area contributed by atoms with Crippen molar-refractivity contribution in [3.8, 4) is 0 Å². The molecule has 0 saturated carbocycles. The molecule has 0 aliphatic carbocycles. The van der Waals surface area contributed by atoms with Gasteiger partial charge in [-0.25, -0.2) is 0 Å². The van der Waals surface area contributed by atoms with Gasteiger partial charge in [-0.1, -0.05) is 12.1 Å². The standard InChI is InChI=1S/C11H15N2O/c1-9(13(2)3)12-11(14)10-7-5-4-6-8-10/h4-5,7-9H,1-3H3,(H,12,14). The first-order valence-electron chi connectivity index (χ1n) is 4.54. The average molecular weight is 191 g/mol. The minimum absolute atomic E-state index is 0.0303. The largest absolute Gasteiger partial charge is 0.337 e. The van der Waals surface area contributed by atoms with Gasteiger partial charge >= 0.3 is 0 Å². The van der Waals surface area contributed by atoms with Crippen LogP contribution in [0, 0.1) is 6.07 Å². The van der Waals surface area contributed by atoms with Crippen molar-refractivity contribution in [1.82, 2.24) is 10.2 Å². The van der Waals surface area contributed by atoms with Gasteiger partial charge in [0.1, 0.15) is 0 Å². The molecular weight excluding hydrogens is 176 g/mol. The van der Waals surface area contributed by atoms with Gasteiger partial charge in [0.25, 0.3) is 5.91 Å². The van der Waals surface area contributed by atoms with Crippen molar-refractivity contribution < 1.29 is 4.79 Å². The number of carbonyl (C=O) groups excluding carboxylic acids is 1. The van der Waals surface area contributed by atoms with Crippen LogP contribution in [0.2, 0.25) is 0 Å². The van der Waals surface area contributed by atoms with E-state index < -0.39 is 0 Å². The smallest absolute Gasteiger partial charge is 0.252 e. The third-order valence-electron chi connectivity index (χ3n) is 2.08. The topological polar surface area (TPSA) is 32.3 Å². The lowest BCUT2D eigenvalue weighted by atomic mass is 10.2. The summed E-state index contributed by atoms with van der Waals surface area (Å²) < 4.78 is 0. The van der Waals surface area contributed by atoms with Crippen molar-refractivity contribution in [2.24, 2.45) is 0 Å². The fourth-order valence-electron chi connectivity index (χ4n) is 0.937. The van der Waals surface area contributed by atoms with E-state index in [1.54, 1.807) is 24.3 Å². The first-order chi connectivity index (χ1) is 6.61. The molecule has 1 radical (unpaired) electrons. The molecule has 1 amide bonds. The van der Waals surface area contributed by atoms with Crippen LogP contribution >= 0.6 is 0 Å². The minimum atomic E-state index is -0.0666. The molecule has 1 aromatic carbocycles. The van der Waals surface area contributed by atoms with Gasteiger partial charge in [-0.05, 0) is 39.2 Å². The van der Waals surface area contributed by atoms with Crippen LogP contribution in [0.4, 0.5) is 0 Å². The summed E-state index contributed by atoms with van der Waals surface area (Å²) in [7, 11) is 3.84. The number of hydrogen-bond donors (Lipinski definition) is 1. The number of nitrogens with one attached hydrogen (secondary N) is 1. The maximum absolute atomic E-state index is 11.6. The van der Waals surface area contributed by atoms with Crippen LogP contribution in [0.25, 0.3) is 0 Å². The summed E-state index contributed by atoms with van der Waals surface area (Å²) in [5.41, 5.74) is 0.640. The Morgan fingerprint density at radius 1 is 1.57 bits per heavy atom. The van der Waals surface area contributed by atoms with Crippen molar-refractivity contribution in [1.29, 1.82) is 0 Å². The van der Waals surface area contributed by atoms with Gasteiger partial charge in [-0.2, -0.15) is 0 Å². The molecule has 0 bridgehead atoms. The van der Waals surface area contributed by atoms with Crippen LogP contribution in [-0.2, 0) is 0 Å². The summed E-state index contributed by atoms with van der Waals surface area (Å²) in [5, 5.41) is 2.86. The Labute approximate surface area is 84.7 Å². The van der Waals surface area contributed by atoms with Crippen molar-refractivity contribution in [3.05, 3.63) is 35.9 Å². The second kappa shape index (κ2) is 4.77. The van der Waals surface area contributed by atoms with E-state index in [9.17, 15) is 4.79 Å². The molecule has 3 nitrogen and oxygen atoms in total. The van der Waals surface area contributed by atoms with E-state index in [1.807, 2.05) is 25.9 Å². The molecule has 1 aromatic rings. The summed E-state index contributed by atoms with van der Waals surface area (Å²) in [5.74, 6) is -0.0666. The van der Waals surface area contributed by atoms with Crippen LogP contribution in [0.15, 0.2) is 24.3 Å². The van der Waals surface area contributed by atoms with Gasteiger partial charge in [0.2, 0.25) is 0 Å². The zero-order valence-corrected chi connectivity index (χ0v) is 8.74. The Kier molecular flexibility index (Phi) is 3.65. The molecule has 1 atom stereocenters. The molecule has 3 heteroatoms. The zero-order chi connectivity index (χ0) is 10.6. The van der Waals surface area contributed by atoms with Crippen LogP contribution in [0.1, 0.15) is 17.3 Å². The summed E-state index contributed by atoms with van der Waals surface area (Å²) in [4.78, 5) is 13.5. The number of hydrogen-bond acceptors (Lipinski definition) is 2. The highest BCUT2D eigenvalue weighted by molar-refractivity contribution is 5.94. The molecule has 0 aliphatic rings. The van der Waals surface area contributed by atoms with Crippen LogP contribution in [0.5, 0.6) is 0 Å². The average Bonchev–Trinajstić information content (AvgIpc) is 2.19. The van der Waals surface area contributed by atoms with Crippen LogP contribution in [-0.4, -0.2) is 31.1 Å². The van der Waals surface area contributed by atoms with E-state index in [4.69, 9.17) is 0 Å². The van der Waals surface area contributed by atoms with Gasteiger partial charge in [-0.3, -0.25) is 9.69 Å². The number of carbonyl (C=O) groups is 1. The fourth-order valence-corrected chi connectivity index (χ4v) is 0.937. The molecular formula is C11H15N2O. The zero-order valence-electron chi connectivity index (χ0n) is 8.74. The lowest BCUT2D eigenvalue weighted by molar-refractivity contribution is 0.0900. The molecule has 1 unspecified atom stereocenters.